The molecular weight excluding hydrogens is 517 g/mol. The van der Waals surface area contributed by atoms with Crippen molar-refractivity contribution in [1.82, 2.24) is 20.1 Å². The molecule has 0 radical (unpaired) electrons. The van der Waals surface area contributed by atoms with Crippen molar-refractivity contribution in [2.75, 3.05) is 5.32 Å². The first-order valence-electron chi connectivity index (χ1n) is 8.65. The zero-order chi connectivity index (χ0) is 21.1. The average molecular weight is 534 g/mol. The van der Waals surface area contributed by atoms with E-state index in [1.807, 2.05) is 19.9 Å². The molecule has 0 fully saturated rings. The molecule has 0 atom stereocenters. The molecule has 0 aliphatic carbocycles. The fraction of sp³-hybridized carbons (Fsp3) is 0.211. The molecule has 5 nitrogen and oxygen atoms in total. The van der Waals surface area contributed by atoms with Crippen LogP contribution in [-0.2, 0) is 6.54 Å². The second-order valence-electron chi connectivity index (χ2n) is 6.47. The van der Waals surface area contributed by atoms with E-state index < -0.39 is 0 Å². The first-order valence-corrected chi connectivity index (χ1v) is 11.0. The van der Waals surface area contributed by atoms with E-state index >= 15 is 0 Å². The number of thiocarbonyl (C=S) groups is 1. The molecule has 152 valence electrons. The molecule has 0 saturated carbocycles. The minimum absolute atomic E-state index is 0.178. The summed E-state index contributed by atoms with van der Waals surface area (Å²) in [6, 6.07) is 9.06. The third-order valence-electron chi connectivity index (χ3n) is 3.86. The van der Waals surface area contributed by atoms with Crippen LogP contribution in [0.3, 0.4) is 0 Å². The number of aromatic nitrogens is 3. The maximum atomic E-state index is 6.47. The van der Waals surface area contributed by atoms with Gasteiger partial charge < -0.3 is 10.6 Å². The monoisotopic (exact) mass is 531 g/mol. The van der Waals surface area contributed by atoms with Gasteiger partial charge in [-0.15, -0.1) is 0 Å². The lowest BCUT2D eigenvalue weighted by Gasteiger charge is -2.18. The van der Waals surface area contributed by atoms with Gasteiger partial charge in [0.05, 0.1) is 28.0 Å². The number of anilines is 1. The zero-order valence-electron chi connectivity index (χ0n) is 15.5. The fourth-order valence-electron chi connectivity index (χ4n) is 2.68. The largest absolute Gasteiger partial charge is 0.378 e. The lowest BCUT2D eigenvalue weighted by atomic mass is 10.1. The average Bonchev–Trinajstić information content (AvgIpc) is 3.00. The van der Waals surface area contributed by atoms with Crippen LogP contribution in [0.2, 0.25) is 15.1 Å². The minimum atomic E-state index is 0.178. The van der Waals surface area contributed by atoms with Crippen LogP contribution in [0.15, 0.2) is 41.1 Å². The highest BCUT2D eigenvalue weighted by molar-refractivity contribution is 9.10. The Morgan fingerprint density at radius 3 is 2.66 bits per heavy atom. The Morgan fingerprint density at radius 1 is 1.21 bits per heavy atom. The van der Waals surface area contributed by atoms with Crippen molar-refractivity contribution < 1.29 is 0 Å². The highest BCUT2D eigenvalue weighted by Gasteiger charge is 2.17. The van der Waals surface area contributed by atoms with Gasteiger partial charge in [-0.25, -0.2) is 9.67 Å². The molecule has 0 bridgehead atoms. The number of rotatable bonds is 6. The maximum absolute atomic E-state index is 6.47. The van der Waals surface area contributed by atoms with Crippen LogP contribution in [-0.4, -0.2) is 25.8 Å². The Morgan fingerprint density at radius 2 is 1.97 bits per heavy atom. The van der Waals surface area contributed by atoms with E-state index in [1.165, 1.54) is 0 Å². The number of hydrogen-bond acceptors (Lipinski definition) is 4. The summed E-state index contributed by atoms with van der Waals surface area (Å²) >= 11 is 27.9. The topological polar surface area (TPSA) is 54.8 Å². The van der Waals surface area contributed by atoms with Crippen molar-refractivity contribution >= 4 is 73.6 Å². The quantitative estimate of drug-likeness (QED) is 0.366. The van der Waals surface area contributed by atoms with Gasteiger partial charge >= 0.3 is 0 Å². The lowest BCUT2D eigenvalue weighted by Crippen LogP contribution is -2.30. The number of benzene rings is 1. The van der Waals surface area contributed by atoms with Gasteiger partial charge in [0.1, 0.15) is 9.59 Å². The molecule has 0 saturated heterocycles. The van der Waals surface area contributed by atoms with E-state index in [2.05, 4.69) is 36.6 Å². The molecular formula is C19H17BrCl3N5S. The van der Waals surface area contributed by atoms with E-state index in [-0.39, 0.29) is 6.04 Å². The molecule has 0 aliphatic rings. The van der Waals surface area contributed by atoms with Gasteiger partial charge in [-0.05, 0) is 60.1 Å². The summed E-state index contributed by atoms with van der Waals surface area (Å²) in [5.41, 5.74) is 2.24. The van der Waals surface area contributed by atoms with Crippen LogP contribution in [0.1, 0.15) is 25.1 Å². The third kappa shape index (κ3) is 5.41. The lowest BCUT2D eigenvalue weighted by molar-refractivity contribution is 0.740. The zero-order valence-corrected chi connectivity index (χ0v) is 20.2. The van der Waals surface area contributed by atoms with E-state index in [0.717, 1.165) is 11.3 Å². The van der Waals surface area contributed by atoms with Crippen molar-refractivity contribution in [2.45, 2.75) is 26.4 Å². The normalized spacial score (nSPS) is 11.0. The predicted molar refractivity (Wildman–Crippen MR) is 128 cm³/mol. The molecule has 0 aliphatic heterocycles. The van der Waals surface area contributed by atoms with E-state index in [4.69, 9.17) is 47.0 Å². The number of nitrogens with zero attached hydrogens (tertiary/aromatic N) is 3. The van der Waals surface area contributed by atoms with Crippen molar-refractivity contribution in [3.8, 4) is 5.82 Å². The predicted octanol–water partition coefficient (Wildman–Crippen LogP) is 6.28. The van der Waals surface area contributed by atoms with Crippen LogP contribution in [0.25, 0.3) is 5.82 Å². The minimum Gasteiger partial charge on any atom is -0.378 e. The van der Waals surface area contributed by atoms with Gasteiger partial charge in [-0.2, -0.15) is 5.10 Å². The van der Waals surface area contributed by atoms with E-state index in [9.17, 15) is 0 Å². The Labute approximate surface area is 197 Å². The molecule has 29 heavy (non-hydrogen) atoms. The van der Waals surface area contributed by atoms with Gasteiger partial charge in [0.2, 0.25) is 0 Å². The smallest absolute Gasteiger partial charge is 0.172 e. The van der Waals surface area contributed by atoms with Gasteiger partial charge in [0, 0.05) is 22.8 Å². The molecule has 0 spiro atoms. The second kappa shape index (κ2) is 9.62. The Bertz CT molecular complexity index is 1050. The van der Waals surface area contributed by atoms with Crippen LogP contribution < -0.4 is 10.6 Å². The molecule has 1 aromatic carbocycles. The van der Waals surface area contributed by atoms with Crippen LogP contribution in [0.4, 0.5) is 5.69 Å². The standard InChI is InChI=1S/C19H17BrCl3N5S/c1-10(2)26-19(29)13-6-11(21)7-15(23)17(13)25-9-12-8-16(20)27-28(12)18-14(22)4-3-5-24-18/h3-8,10,25H,9H2,1-2H3,(H,26,29). The van der Waals surface area contributed by atoms with Gasteiger partial charge in [-0.3, -0.25) is 0 Å². The summed E-state index contributed by atoms with van der Waals surface area (Å²) in [6.45, 7) is 4.43. The Hall–Kier alpha value is -1.38. The molecule has 0 unspecified atom stereocenters. The first kappa shape index (κ1) is 22.3. The van der Waals surface area contributed by atoms with Crippen molar-refractivity contribution in [3.05, 3.63) is 67.5 Å². The molecule has 2 heterocycles. The Kier molecular flexibility index (Phi) is 7.40. The van der Waals surface area contributed by atoms with Crippen molar-refractivity contribution in [2.24, 2.45) is 0 Å². The second-order valence-corrected chi connectivity index (χ2v) is 8.94. The van der Waals surface area contributed by atoms with E-state index in [0.29, 0.717) is 42.7 Å². The third-order valence-corrected chi connectivity index (χ3v) is 5.40. The SMILES string of the molecule is CC(C)NC(=S)c1cc(Cl)cc(Cl)c1NCc1cc(Br)nn1-c1ncccc1Cl. The van der Waals surface area contributed by atoms with Gasteiger partial charge in [-0.1, -0.05) is 47.0 Å². The summed E-state index contributed by atoms with van der Waals surface area (Å²) in [7, 11) is 0. The number of nitrogens with one attached hydrogen (secondary N) is 2. The van der Waals surface area contributed by atoms with Crippen LogP contribution in [0, 0.1) is 0 Å². The maximum Gasteiger partial charge on any atom is 0.172 e. The number of pyridine rings is 1. The summed E-state index contributed by atoms with van der Waals surface area (Å²) in [4.78, 5) is 4.89. The highest BCUT2D eigenvalue weighted by Crippen LogP contribution is 2.31. The fourth-order valence-corrected chi connectivity index (χ4v) is 4.26. The number of hydrogen-bond donors (Lipinski definition) is 2. The van der Waals surface area contributed by atoms with E-state index in [1.54, 1.807) is 35.1 Å². The van der Waals surface area contributed by atoms with Crippen LogP contribution >= 0.6 is 63.0 Å². The summed E-state index contributed by atoms with van der Waals surface area (Å²) in [5, 5.41) is 12.5. The molecule has 0 amide bonds. The molecule has 10 heteroatoms. The first-order chi connectivity index (χ1) is 13.8. The summed E-state index contributed by atoms with van der Waals surface area (Å²) in [5.74, 6) is 0.538. The highest BCUT2D eigenvalue weighted by atomic mass is 79.9. The van der Waals surface area contributed by atoms with Gasteiger partial charge in [0.25, 0.3) is 0 Å². The van der Waals surface area contributed by atoms with Crippen molar-refractivity contribution in [1.29, 1.82) is 0 Å². The van der Waals surface area contributed by atoms with Gasteiger partial charge in [0.15, 0.2) is 5.82 Å². The van der Waals surface area contributed by atoms with Crippen molar-refractivity contribution in [3.63, 3.8) is 0 Å². The molecule has 3 rings (SSSR count). The molecule has 2 N–H and O–H groups in total. The summed E-state index contributed by atoms with van der Waals surface area (Å²) < 4.78 is 2.34. The van der Waals surface area contributed by atoms with Crippen LogP contribution in [0.5, 0.6) is 0 Å². The molecule has 3 aromatic rings. The Balaban J connectivity index is 1.94. The molecule has 2 aromatic heterocycles. The number of halogens is 4. The summed E-state index contributed by atoms with van der Waals surface area (Å²) in [6.07, 6.45) is 1.66.